The maximum Gasteiger partial charge on any atom is 0.182 e. The Morgan fingerprint density at radius 3 is 3.06 bits per heavy atom. The summed E-state index contributed by atoms with van der Waals surface area (Å²) in [6.07, 6.45) is 3.58. The number of anilines is 1. The number of hydrogen-bond donors (Lipinski definition) is 1. The molecule has 2 atom stereocenters. The molecule has 0 aromatic heterocycles. The third-order valence-electron chi connectivity index (χ3n) is 3.53. The lowest BCUT2D eigenvalue weighted by Gasteiger charge is -2.23. The van der Waals surface area contributed by atoms with Gasteiger partial charge in [-0.05, 0) is 30.9 Å². The van der Waals surface area contributed by atoms with Gasteiger partial charge < -0.3 is 5.32 Å². The minimum Gasteiger partial charge on any atom is -0.332 e. The van der Waals surface area contributed by atoms with Crippen molar-refractivity contribution in [2.75, 3.05) is 11.1 Å². The summed E-state index contributed by atoms with van der Waals surface area (Å²) in [5.41, 5.74) is 0.165. The van der Waals surface area contributed by atoms with E-state index >= 15 is 0 Å². The molecular formula is C13H14F2N2S. The average molecular weight is 268 g/mol. The third-order valence-corrected chi connectivity index (χ3v) is 4.61. The first-order valence-electron chi connectivity index (χ1n) is 6.15. The van der Waals surface area contributed by atoms with E-state index in [0.29, 0.717) is 17.1 Å². The quantitative estimate of drug-likeness (QED) is 0.840. The number of aliphatic imine (C=N–C) groups is 1. The van der Waals surface area contributed by atoms with Crippen LogP contribution < -0.4 is 5.32 Å². The second-order valence-electron chi connectivity index (χ2n) is 4.73. The molecule has 1 aromatic rings. The lowest BCUT2D eigenvalue weighted by atomic mass is 10.1. The van der Waals surface area contributed by atoms with Crippen molar-refractivity contribution in [1.29, 1.82) is 0 Å². The molecule has 18 heavy (non-hydrogen) atoms. The van der Waals surface area contributed by atoms with E-state index < -0.39 is 11.6 Å². The van der Waals surface area contributed by atoms with Gasteiger partial charge in [0.25, 0.3) is 0 Å². The summed E-state index contributed by atoms with van der Waals surface area (Å²) in [6.45, 7) is 0. The standard InChI is InChI=1S/C13H14F2N2S/c14-9-4-2-6-11(12(9)15)17-13-16-10-5-1-3-8(10)7-18-13/h2,4,6,8,10H,1,3,5,7H2,(H,16,17). The number of fused-ring (bicyclic) bond motifs is 1. The van der Waals surface area contributed by atoms with Crippen LogP contribution in [0, 0.1) is 17.6 Å². The Morgan fingerprint density at radius 2 is 2.17 bits per heavy atom. The van der Waals surface area contributed by atoms with E-state index in [1.165, 1.54) is 25.0 Å². The Balaban J connectivity index is 1.78. The summed E-state index contributed by atoms with van der Waals surface area (Å²) in [7, 11) is 0. The maximum absolute atomic E-state index is 13.5. The molecule has 3 rings (SSSR count). The number of benzene rings is 1. The van der Waals surface area contributed by atoms with Gasteiger partial charge in [0, 0.05) is 5.75 Å². The molecule has 0 saturated heterocycles. The van der Waals surface area contributed by atoms with Gasteiger partial charge in [-0.3, -0.25) is 4.99 Å². The van der Waals surface area contributed by atoms with Crippen molar-refractivity contribution in [3.63, 3.8) is 0 Å². The van der Waals surface area contributed by atoms with Gasteiger partial charge in [0.05, 0.1) is 11.7 Å². The van der Waals surface area contributed by atoms with Crippen LogP contribution in [0.3, 0.4) is 0 Å². The lowest BCUT2D eigenvalue weighted by molar-refractivity contribution is 0.511. The fourth-order valence-electron chi connectivity index (χ4n) is 2.54. The second-order valence-corrected chi connectivity index (χ2v) is 5.74. The predicted octanol–water partition coefficient (Wildman–Crippen LogP) is 3.65. The van der Waals surface area contributed by atoms with Crippen LogP contribution in [0.15, 0.2) is 23.2 Å². The van der Waals surface area contributed by atoms with Gasteiger partial charge in [0.2, 0.25) is 0 Å². The molecule has 0 amide bonds. The molecule has 2 unspecified atom stereocenters. The number of hydrogen-bond acceptors (Lipinski definition) is 3. The molecule has 2 aliphatic rings. The van der Waals surface area contributed by atoms with E-state index in [0.717, 1.165) is 18.2 Å². The third kappa shape index (κ3) is 2.23. The molecule has 1 aliphatic heterocycles. The average Bonchev–Trinajstić information content (AvgIpc) is 2.82. The van der Waals surface area contributed by atoms with Crippen molar-refractivity contribution in [2.24, 2.45) is 10.9 Å². The van der Waals surface area contributed by atoms with Crippen LogP contribution in [0.1, 0.15) is 19.3 Å². The van der Waals surface area contributed by atoms with Gasteiger partial charge in [-0.15, -0.1) is 0 Å². The van der Waals surface area contributed by atoms with Crippen molar-refractivity contribution in [2.45, 2.75) is 25.3 Å². The Morgan fingerprint density at radius 1 is 1.28 bits per heavy atom. The predicted molar refractivity (Wildman–Crippen MR) is 71.0 cm³/mol. The van der Waals surface area contributed by atoms with Gasteiger partial charge in [0.1, 0.15) is 0 Å². The minimum atomic E-state index is -0.839. The van der Waals surface area contributed by atoms with Crippen molar-refractivity contribution in [1.82, 2.24) is 0 Å². The zero-order valence-electron chi connectivity index (χ0n) is 9.83. The van der Waals surface area contributed by atoms with E-state index in [2.05, 4.69) is 10.3 Å². The Labute approximate surface area is 109 Å². The number of halogens is 2. The zero-order chi connectivity index (χ0) is 12.5. The molecule has 96 valence electrons. The van der Waals surface area contributed by atoms with E-state index in [9.17, 15) is 8.78 Å². The first-order chi connectivity index (χ1) is 8.74. The highest BCUT2D eigenvalue weighted by atomic mass is 32.2. The molecule has 0 radical (unpaired) electrons. The molecule has 0 bridgehead atoms. The van der Waals surface area contributed by atoms with Gasteiger partial charge in [-0.1, -0.05) is 24.2 Å². The van der Waals surface area contributed by atoms with Crippen LogP contribution in [0.25, 0.3) is 0 Å². The number of rotatable bonds is 1. The van der Waals surface area contributed by atoms with Crippen molar-refractivity contribution >= 4 is 22.6 Å². The number of thioether (sulfide) groups is 1. The van der Waals surface area contributed by atoms with Crippen molar-refractivity contribution in [3.8, 4) is 0 Å². The number of nitrogens with one attached hydrogen (secondary N) is 1. The molecule has 2 nitrogen and oxygen atoms in total. The highest BCUT2D eigenvalue weighted by Crippen LogP contribution is 2.35. The van der Waals surface area contributed by atoms with Crippen LogP contribution in [0.4, 0.5) is 14.5 Å². The Hall–Kier alpha value is -1.10. The first kappa shape index (κ1) is 12.0. The molecule has 1 aliphatic carbocycles. The number of amidine groups is 1. The van der Waals surface area contributed by atoms with E-state index in [1.54, 1.807) is 11.8 Å². The van der Waals surface area contributed by atoms with Gasteiger partial charge >= 0.3 is 0 Å². The van der Waals surface area contributed by atoms with Gasteiger partial charge in [-0.2, -0.15) is 0 Å². The molecule has 1 N–H and O–H groups in total. The molecule has 1 aromatic carbocycles. The zero-order valence-corrected chi connectivity index (χ0v) is 10.6. The summed E-state index contributed by atoms with van der Waals surface area (Å²) in [6, 6.07) is 4.50. The Bertz CT molecular complexity index is 490. The highest BCUT2D eigenvalue weighted by molar-refractivity contribution is 8.14. The minimum absolute atomic E-state index is 0.165. The Kier molecular flexibility index (Phi) is 3.24. The summed E-state index contributed by atoms with van der Waals surface area (Å²) in [4.78, 5) is 4.59. The van der Waals surface area contributed by atoms with E-state index in [1.807, 2.05) is 0 Å². The number of nitrogens with zero attached hydrogens (tertiary/aromatic N) is 1. The SMILES string of the molecule is Fc1cccc(NC2=NC3CCCC3CS2)c1F. The molecule has 0 spiro atoms. The van der Waals surface area contributed by atoms with E-state index in [4.69, 9.17) is 0 Å². The normalized spacial score (nSPS) is 26.7. The van der Waals surface area contributed by atoms with Crippen LogP contribution in [-0.4, -0.2) is 17.0 Å². The van der Waals surface area contributed by atoms with Crippen molar-refractivity contribution in [3.05, 3.63) is 29.8 Å². The molecule has 1 saturated carbocycles. The summed E-state index contributed by atoms with van der Waals surface area (Å²) < 4.78 is 26.6. The monoisotopic (exact) mass is 268 g/mol. The van der Waals surface area contributed by atoms with Gasteiger partial charge in [-0.25, -0.2) is 8.78 Å². The first-order valence-corrected chi connectivity index (χ1v) is 7.14. The van der Waals surface area contributed by atoms with Gasteiger partial charge in [0.15, 0.2) is 16.8 Å². The second kappa shape index (κ2) is 4.88. The molecule has 5 heteroatoms. The fourth-order valence-corrected chi connectivity index (χ4v) is 3.69. The van der Waals surface area contributed by atoms with Crippen LogP contribution in [-0.2, 0) is 0 Å². The van der Waals surface area contributed by atoms with Crippen LogP contribution in [0.2, 0.25) is 0 Å². The topological polar surface area (TPSA) is 24.4 Å². The maximum atomic E-state index is 13.5. The van der Waals surface area contributed by atoms with E-state index in [-0.39, 0.29) is 5.69 Å². The summed E-state index contributed by atoms with van der Waals surface area (Å²) >= 11 is 1.60. The molecule has 1 fully saturated rings. The highest BCUT2D eigenvalue weighted by Gasteiger charge is 2.31. The molecule has 1 heterocycles. The fraction of sp³-hybridized carbons (Fsp3) is 0.462. The largest absolute Gasteiger partial charge is 0.332 e. The van der Waals surface area contributed by atoms with Crippen molar-refractivity contribution < 1.29 is 8.78 Å². The summed E-state index contributed by atoms with van der Waals surface area (Å²) in [5.74, 6) is 0.0142. The summed E-state index contributed by atoms with van der Waals surface area (Å²) in [5, 5.41) is 3.61. The van der Waals surface area contributed by atoms with Crippen LogP contribution >= 0.6 is 11.8 Å². The lowest BCUT2D eigenvalue weighted by Crippen LogP contribution is -2.25. The molecular weight excluding hydrogens is 254 g/mol. The smallest absolute Gasteiger partial charge is 0.182 e. The van der Waals surface area contributed by atoms with Crippen LogP contribution in [0.5, 0.6) is 0 Å².